The fraction of sp³-hybridized carbons (Fsp3) is 0.316. The minimum Gasteiger partial charge on any atom is -0.355 e. The molecule has 0 spiro atoms. The van der Waals surface area contributed by atoms with Gasteiger partial charge in [-0.1, -0.05) is 24.3 Å². The smallest absolute Gasteiger partial charge is 0.355 e. The Balaban J connectivity index is 1.99. The largest absolute Gasteiger partial charge is 0.418 e. The molecule has 1 unspecified atom stereocenters. The highest BCUT2D eigenvalue weighted by Crippen LogP contribution is 2.35. The molecule has 5 nitrogen and oxygen atoms in total. The Hall–Kier alpha value is -2.97. The number of halogens is 4. The second-order valence-corrected chi connectivity index (χ2v) is 6.46. The van der Waals surface area contributed by atoms with Crippen molar-refractivity contribution in [1.29, 1.82) is 0 Å². The first kappa shape index (κ1) is 19.8. The average molecular weight is 395 g/mol. The van der Waals surface area contributed by atoms with Crippen molar-refractivity contribution >= 4 is 11.8 Å². The molecule has 2 N–H and O–H groups in total. The van der Waals surface area contributed by atoms with Gasteiger partial charge in [0.15, 0.2) is 0 Å². The minimum absolute atomic E-state index is 0.0340. The predicted molar refractivity (Wildman–Crippen MR) is 91.6 cm³/mol. The van der Waals surface area contributed by atoms with Gasteiger partial charge in [-0.3, -0.25) is 14.6 Å². The highest BCUT2D eigenvalue weighted by molar-refractivity contribution is 5.89. The number of benzene rings is 1. The van der Waals surface area contributed by atoms with Crippen LogP contribution >= 0.6 is 0 Å². The topological polar surface area (TPSA) is 71.1 Å². The van der Waals surface area contributed by atoms with E-state index in [4.69, 9.17) is 0 Å². The summed E-state index contributed by atoms with van der Waals surface area (Å²) in [5, 5.41) is 5.09. The van der Waals surface area contributed by atoms with E-state index in [2.05, 4.69) is 15.6 Å². The van der Waals surface area contributed by atoms with E-state index in [-0.39, 0.29) is 24.6 Å². The molecule has 1 aromatic heterocycles. The number of nitrogens with one attached hydrogen (secondary N) is 2. The van der Waals surface area contributed by atoms with E-state index in [9.17, 15) is 27.2 Å². The summed E-state index contributed by atoms with van der Waals surface area (Å²) in [6.45, 7) is -0.600. The van der Waals surface area contributed by atoms with Crippen molar-refractivity contribution in [2.45, 2.75) is 25.3 Å². The second kappa shape index (κ2) is 7.95. The summed E-state index contributed by atoms with van der Waals surface area (Å²) in [6, 6.07) is 6.63. The number of hydrogen-bond donors (Lipinski definition) is 2. The first-order valence-corrected chi connectivity index (χ1v) is 8.53. The van der Waals surface area contributed by atoms with Gasteiger partial charge in [-0.25, -0.2) is 4.39 Å². The van der Waals surface area contributed by atoms with Gasteiger partial charge in [-0.15, -0.1) is 0 Å². The van der Waals surface area contributed by atoms with Crippen LogP contribution in [-0.4, -0.2) is 23.3 Å². The summed E-state index contributed by atoms with van der Waals surface area (Å²) in [6.07, 6.45) is -3.50. The van der Waals surface area contributed by atoms with Crippen molar-refractivity contribution in [1.82, 2.24) is 15.6 Å². The molecule has 0 aliphatic carbocycles. The highest BCUT2D eigenvalue weighted by Gasteiger charge is 2.38. The number of alkyl halides is 4. The van der Waals surface area contributed by atoms with Crippen molar-refractivity contribution in [3.8, 4) is 0 Å². The number of carbonyl (C=O) groups excluding carboxylic acids is 2. The van der Waals surface area contributed by atoms with Gasteiger partial charge in [0.05, 0.1) is 23.2 Å². The molecule has 1 aromatic carbocycles. The number of rotatable bonds is 5. The maximum Gasteiger partial charge on any atom is 0.418 e. The zero-order valence-electron chi connectivity index (χ0n) is 14.6. The summed E-state index contributed by atoms with van der Waals surface area (Å²) in [5.41, 5.74) is -0.660. The van der Waals surface area contributed by atoms with Crippen LogP contribution in [0.25, 0.3) is 0 Å². The standard InChI is InChI=1S/C19H17F4N3O2/c20-9-11-3-5-12(6-4-11)16(26-18(28)13-8-15(27)25-10-13)17-14(19(21,22)23)2-1-7-24-17/h1-7,13,16H,8-10H2,(H,25,27)(H,26,28)/t13?,16-/m0/s1. The zero-order valence-corrected chi connectivity index (χ0v) is 14.6. The van der Waals surface area contributed by atoms with Crippen LogP contribution in [0, 0.1) is 5.92 Å². The van der Waals surface area contributed by atoms with Gasteiger partial charge < -0.3 is 10.6 Å². The van der Waals surface area contributed by atoms with Crippen LogP contribution in [0.3, 0.4) is 0 Å². The summed E-state index contributed by atoms with van der Waals surface area (Å²) >= 11 is 0. The number of aromatic nitrogens is 1. The maximum atomic E-state index is 13.5. The van der Waals surface area contributed by atoms with Crippen LogP contribution in [0.4, 0.5) is 17.6 Å². The van der Waals surface area contributed by atoms with E-state index in [1.54, 1.807) is 0 Å². The molecule has 28 heavy (non-hydrogen) atoms. The van der Waals surface area contributed by atoms with Crippen molar-refractivity contribution in [2.24, 2.45) is 5.92 Å². The van der Waals surface area contributed by atoms with E-state index in [1.807, 2.05) is 0 Å². The van der Waals surface area contributed by atoms with Crippen LogP contribution in [-0.2, 0) is 22.4 Å². The average Bonchev–Trinajstić information content (AvgIpc) is 3.12. The highest BCUT2D eigenvalue weighted by atomic mass is 19.4. The summed E-state index contributed by atoms with van der Waals surface area (Å²) in [7, 11) is 0. The van der Waals surface area contributed by atoms with Gasteiger partial charge in [-0.2, -0.15) is 13.2 Å². The van der Waals surface area contributed by atoms with Gasteiger partial charge in [-0.05, 0) is 23.3 Å². The lowest BCUT2D eigenvalue weighted by Crippen LogP contribution is -2.36. The normalized spacial score (nSPS) is 17.9. The molecule has 1 saturated heterocycles. The molecule has 2 amide bonds. The summed E-state index contributed by atoms with van der Waals surface area (Å²) in [5.74, 6) is -1.53. The molecule has 1 fully saturated rings. The SMILES string of the molecule is O=C1CC(C(=O)N[C@@H](c2ccc(CF)cc2)c2ncccc2C(F)(F)F)CN1. The third-order valence-corrected chi connectivity index (χ3v) is 4.52. The predicted octanol–water partition coefficient (Wildman–Crippen LogP) is 2.91. The molecule has 0 bridgehead atoms. The lowest BCUT2D eigenvalue weighted by atomic mass is 9.97. The minimum atomic E-state index is -4.67. The van der Waals surface area contributed by atoms with E-state index in [0.29, 0.717) is 11.1 Å². The third kappa shape index (κ3) is 4.29. The first-order valence-electron chi connectivity index (χ1n) is 8.53. The van der Waals surface area contributed by atoms with Crippen LogP contribution < -0.4 is 10.6 Å². The van der Waals surface area contributed by atoms with Crippen molar-refractivity contribution in [3.63, 3.8) is 0 Å². The lowest BCUT2D eigenvalue weighted by Gasteiger charge is -2.23. The van der Waals surface area contributed by atoms with Gasteiger partial charge in [0.25, 0.3) is 0 Å². The van der Waals surface area contributed by atoms with Crippen molar-refractivity contribution < 1.29 is 27.2 Å². The van der Waals surface area contributed by atoms with Crippen LogP contribution in [0.2, 0.25) is 0 Å². The van der Waals surface area contributed by atoms with Gasteiger partial charge in [0.1, 0.15) is 6.67 Å². The molecule has 2 atom stereocenters. The molecule has 148 valence electrons. The van der Waals surface area contributed by atoms with Crippen LogP contribution in [0.15, 0.2) is 42.6 Å². The zero-order chi connectivity index (χ0) is 20.3. The monoisotopic (exact) mass is 395 g/mol. The quantitative estimate of drug-likeness (QED) is 0.765. The molecule has 1 aliphatic rings. The summed E-state index contributed by atoms with van der Waals surface area (Å²) in [4.78, 5) is 27.8. The Morgan fingerprint density at radius 2 is 1.96 bits per heavy atom. The Morgan fingerprint density at radius 1 is 1.25 bits per heavy atom. The van der Waals surface area contributed by atoms with Crippen LogP contribution in [0.5, 0.6) is 0 Å². The maximum absolute atomic E-state index is 13.5. The number of nitrogens with zero attached hydrogens (tertiary/aromatic N) is 1. The molecule has 0 saturated carbocycles. The van der Waals surface area contributed by atoms with Gasteiger partial charge in [0.2, 0.25) is 11.8 Å². The number of amides is 2. The van der Waals surface area contributed by atoms with Crippen molar-refractivity contribution in [2.75, 3.05) is 6.54 Å². The van der Waals surface area contributed by atoms with Gasteiger partial charge >= 0.3 is 6.18 Å². The number of pyridine rings is 1. The fourth-order valence-corrected chi connectivity index (χ4v) is 3.05. The van der Waals surface area contributed by atoms with Crippen molar-refractivity contribution in [3.05, 3.63) is 65.0 Å². The summed E-state index contributed by atoms with van der Waals surface area (Å²) < 4.78 is 53.2. The van der Waals surface area contributed by atoms with E-state index in [0.717, 1.165) is 12.1 Å². The van der Waals surface area contributed by atoms with Gasteiger partial charge in [0, 0.05) is 19.2 Å². The Morgan fingerprint density at radius 3 is 2.54 bits per heavy atom. The van der Waals surface area contributed by atoms with E-state index in [1.165, 1.54) is 30.5 Å². The molecule has 2 heterocycles. The molecular formula is C19H17F4N3O2. The molecule has 0 radical (unpaired) electrons. The molecule has 3 rings (SSSR count). The van der Waals surface area contributed by atoms with E-state index < -0.39 is 36.3 Å². The third-order valence-electron chi connectivity index (χ3n) is 4.52. The van der Waals surface area contributed by atoms with Crippen LogP contribution in [0.1, 0.15) is 34.8 Å². The molecule has 1 aliphatic heterocycles. The first-order chi connectivity index (χ1) is 13.3. The number of hydrogen-bond acceptors (Lipinski definition) is 3. The second-order valence-electron chi connectivity index (χ2n) is 6.46. The number of carbonyl (C=O) groups is 2. The Kier molecular flexibility index (Phi) is 5.62. The molecular weight excluding hydrogens is 378 g/mol. The van der Waals surface area contributed by atoms with E-state index >= 15 is 0 Å². The Bertz CT molecular complexity index is 868. The Labute approximate surface area is 158 Å². The molecule has 9 heteroatoms. The molecule has 2 aromatic rings. The fourth-order valence-electron chi connectivity index (χ4n) is 3.05. The lowest BCUT2D eigenvalue weighted by molar-refractivity contribution is -0.139.